The molecule has 0 unspecified atom stereocenters. The van der Waals surface area contributed by atoms with E-state index in [0.29, 0.717) is 25.7 Å². The van der Waals surface area contributed by atoms with E-state index in [-0.39, 0.29) is 11.1 Å². The first-order valence-corrected chi connectivity index (χ1v) is 12.9. The SMILES string of the molecule is CC(C)=CCC[C@@H](C)C1=C(O)C(=O)[C@]2(C)[C@H]3C(=O)[C@]([C@H](C)CCC=C(C)C)(C(=O)C(O)=C3C)[C@@H]2C1=O. The Kier molecular flexibility index (Phi) is 7.42. The highest BCUT2D eigenvalue weighted by molar-refractivity contribution is 6.29. The van der Waals surface area contributed by atoms with Crippen LogP contribution in [0.1, 0.15) is 81.1 Å². The van der Waals surface area contributed by atoms with Crippen molar-refractivity contribution >= 4 is 23.1 Å². The minimum absolute atomic E-state index is 0.00537. The summed E-state index contributed by atoms with van der Waals surface area (Å²) in [4.78, 5) is 56.0. The number of aliphatic hydroxyl groups is 2. The van der Waals surface area contributed by atoms with Gasteiger partial charge in [-0.15, -0.1) is 0 Å². The molecule has 0 saturated heterocycles. The third kappa shape index (κ3) is 3.75. The van der Waals surface area contributed by atoms with Crippen LogP contribution in [0.4, 0.5) is 0 Å². The summed E-state index contributed by atoms with van der Waals surface area (Å²) in [7, 11) is 0. The predicted molar refractivity (Wildman–Crippen MR) is 138 cm³/mol. The smallest absolute Gasteiger partial charge is 0.211 e. The molecule has 3 aliphatic carbocycles. The van der Waals surface area contributed by atoms with Gasteiger partial charge in [0.25, 0.3) is 0 Å². The van der Waals surface area contributed by atoms with E-state index < -0.39 is 69.2 Å². The largest absolute Gasteiger partial charge is 0.504 e. The molecule has 2 N–H and O–H groups in total. The Bertz CT molecular complexity index is 1140. The molecule has 1 saturated carbocycles. The second-order valence-corrected chi connectivity index (χ2v) is 11.7. The van der Waals surface area contributed by atoms with Gasteiger partial charge in [-0.2, -0.15) is 0 Å². The van der Waals surface area contributed by atoms with Crippen LogP contribution in [-0.2, 0) is 19.2 Å². The van der Waals surface area contributed by atoms with Crippen molar-refractivity contribution in [3.63, 3.8) is 0 Å². The summed E-state index contributed by atoms with van der Waals surface area (Å²) in [6.07, 6.45) is 6.27. The first-order valence-electron chi connectivity index (χ1n) is 12.9. The summed E-state index contributed by atoms with van der Waals surface area (Å²) < 4.78 is 0. The molecule has 0 amide bonds. The van der Waals surface area contributed by atoms with Gasteiger partial charge >= 0.3 is 0 Å². The molecule has 36 heavy (non-hydrogen) atoms. The van der Waals surface area contributed by atoms with Crippen LogP contribution in [-0.4, -0.2) is 33.3 Å². The van der Waals surface area contributed by atoms with Crippen LogP contribution in [0.5, 0.6) is 0 Å². The second-order valence-electron chi connectivity index (χ2n) is 11.7. The summed E-state index contributed by atoms with van der Waals surface area (Å²) >= 11 is 0. The Balaban J connectivity index is 2.21. The van der Waals surface area contributed by atoms with E-state index in [1.165, 1.54) is 13.8 Å². The standard InChI is InChI=1S/C30H40O6/c1-15(2)11-9-13-17(5)20-23(32)25-29(8,27(35)24(20)33)21-19(7)22(31)28(36)30(25,26(21)34)18(6)14-10-12-16(3)4/h11-12,17-18,21,25,31,33H,9-10,13-14H2,1-8H3/t17-,18-,21-,25-,29-,30-/m1/s1. The van der Waals surface area contributed by atoms with Gasteiger partial charge in [-0.25, -0.2) is 0 Å². The Hall–Kier alpha value is -2.76. The summed E-state index contributed by atoms with van der Waals surface area (Å²) in [5, 5.41) is 21.9. The van der Waals surface area contributed by atoms with E-state index >= 15 is 0 Å². The molecule has 0 aromatic heterocycles. The number of carbonyl (C=O) groups is 4. The van der Waals surface area contributed by atoms with E-state index in [9.17, 15) is 29.4 Å². The highest BCUT2D eigenvalue weighted by Crippen LogP contribution is 2.67. The van der Waals surface area contributed by atoms with Crippen molar-refractivity contribution in [2.24, 2.45) is 34.5 Å². The third-order valence-corrected chi connectivity index (χ3v) is 8.78. The summed E-state index contributed by atoms with van der Waals surface area (Å²) in [5.41, 5.74) is -1.13. The number of aliphatic hydroxyl groups excluding tert-OH is 2. The normalized spacial score (nSPS) is 31.4. The topological polar surface area (TPSA) is 109 Å². The lowest BCUT2D eigenvalue weighted by atomic mass is 9.55. The molecule has 0 radical (unpaired) electrons. The number of rotatable bonds is 8. The zero-order valence-corrected chi connectivity index (χ0v) is 22.8. The van der Waals surface area contributed by atoms with Crippen LogP contribution in [0.15, 0.2) is 46.0 Å². The molecule has 0 aromatic carbocycles. The van der Waals surface area contributed by atoms with E-state index in [2.05, 4.69) is 0 Å². The third-order valence-electron chi connectivity index (χ3n) is 8.78. The number of Topliss-reactive ketones (excluding diaryl/α,β-unsaturated/α-hetero) is 4. The fraction of sp³-hybridized carbons (Fsp3) is 0.600. The Morgan fingerprint density at radius 1 is 0.889 bits per heavy atom. The molecule has 0 aliphatic heterocycles. The first-order chi connectivity index (χ1) is 16.7. The van der Waals surface area contributed by atoms with Gasteiger partial charge in [0.1, 0.15) is 5.41 Å². The fourth-order valence-corrected chi connectivity index (χ4v) is 6.93. The molecule has 3 aliphatic rings. The molecule has 3 rings (SSSR count). The van der Waals surface area contributed by atoms with Crippen molar-refractivity contribution in [2.75, 3.05) is 0 Å². The molecule has 0 spiro atoms. The van der Waals surface area contributed by atoms with Crippen molar-refractivity contribution in [3.05, 3.63) is 46.0 Å². The van der Waals surface area contributed by atoms with Crippen molar-refractivity contribution < 1.29 is 29.4 Å². The molecule has 2 bridgehead atoms. The van der Waals surface area contributed by atoms with Gasteiger partial charge in [0.05, 0.1) is 17.3 Å². The number of carbonyl (C=O) groups excluding carboxylic acids is 4. The molecular weight excluding hydrogens is 456 g/mol. The van der Waals surface area contributed by atoms with Gasteiger partial charge in [-0.1, -0.05) is 44.1 Å². The van der Waals surface area contributed by atoms with Gasteiger partial charge in [0.15, 0.2) is 23.1 Å². The highest BCUT2D eigenvalue weighted by Gasteiger charge is 2.79. The maximum absolute atomic E-state index is 14.2. The summed E-state index contributed by atoms with van der Waals surface area (Å²) in [6.45, 7) is 14.4. The molecule has 6 atom stereocenters. The molecule has 1 fully saturated rings. The van der Waals surface area contributed by atoms with E-state index in [1.54, 1.807) is 13.8 Å². The summed E-state index contributed by atoms with van der Waals surface area (Å²) in [6, 6.07) is 0. The predicted octanol–water partition coefficient (Wildman–Crippen LogP) is 5.94. The minimum Gasteiger partial charge on any atom is -0.504 e. The van der Waals surface area contributed by atoms with Gasteiger partial charge in [0.2, 0.25) is 11.6 Å². The number of ketones is 4. The second kappa shape index (κ2) is 9.60. The number of allylic oxidation sites excluding steroid dienone is 8. The Morgan fingerprint density at radius 3 is 1.94 bits per heavy atom. The van der Waals surface area contributed by atoms with Crippen LogP contribution in [0, 0.1) is 34.5 Å². The van der Waals surface area contributed by atoms with E-state index in [1.807, 2.05) is 39.8 Å². The van der Waals surface area contributed by atoms with Gasteiger partial charge in [-0.05, 0) is 77.7 Å². The highest BCUT2D eigenvalue weighted by atomic mass is 16.3. The van der Waals surface area contributed by atoms with Gasteiger partial charge < -0.3 is 10.2 Å². The fourth-order valence-electron chi connectivity index (χ4n) is 6.93. The zero-order valence-electron chi connectivity index (χ0n) is 22.8. The summed E-state index contributed by atoms with van der Waals surface area (Å²) in [5.74, 6) is -6.99. The quantitative estimate of drug-likeness (QED) is 0.318. The lowest BCUT2D eigenvalue weighted by Gasteiger charge is -2.43. The van der Waals surface area contributed by atoms with E-state index in [0.717, 1.165) is 11.1 Å². The average Bonchev–Trinajstić information content (AvgIpc) is 2.97. The number of hydrogen-bond acceptors (Lipinski definition) is 6. The van der Waals surface area contributed by atoms with E-state index in [4.69, 9.17) is 0 Å². The maximum atomic E-state index is 14.2. The molecule has 196 valence electrons. The van der Waals surface area contributed by atoms with Gasteiger partial charge in [-0.3, -0.25) is 19.2 Å². The lowest BCUT2D eigenvalue weighted by molar-refractivity contribution is -0.153. The lowest BCUT2D eigenvalue weighted by Crippen LogP contribution is -2.55. The number of hydrogen-bond donors (Lipinski definition) is 2. The van der Waals surface area contributed by atoms with Crippen molar-refractivity contribution in [1.29, 1.82) is 0 Å². The Labute approximate surface area is 214 Å². The minimum atomic E-state index is -1.84. The van der Waals surface area contributed by atoms with Crippen LogP contribution < -0.4 is 0 Å². The molecule has 0 aromatic rings. The van der Waals surface area contributed by atoms with Crippen LogP contribution >= 0.6 is 0 Å². The molecular formula is C30H40O6. The van der Waals surface area contributed by atoms with Gasteiger partial charge in [0, 0.05) is 5.57 Å². The molecule has 6 heteroatoms. The Morgan fingerprint density at radius 2 is 1.42 bits per heavy atom. The van der Waals surface area contributed by atoms with Crippen molar-refractivity contribution in [1.82, 2.24) is 0 Å². The molecule has 0 heterocycles. The van der Waals surface area contributed by atoms with Crippen molar-refractivity contribution in [3.8, 4) is 0 Å². The number of fused-ring (bicyclic) bond motifs is 5. The first kappa shape index (κ1) is 27.8. The van der Waals surface area contributed by atoms with Crippen LogP contribution in [0.3, 0.4) is 0 Å². The average molecular weight is 497 g/mol. The van der Waals surface area contributed by atoms with Crippen LogP contribution in [0.25, 0.3) is 0 Å². The van der Waals surface area contributed by atoms with Crippen LogP contribution in [0.2, 0.25) is 0 Å². The monoisotopic (exact) mass is 496 g/mol. The van der Waals surface area contributed by atoms with Crippen molar-refractivity contribution in [2.45, 2.75) is 81.1 Å². The maximum Gasteiger partial charge on any atom is 0.211 e. The molecule has 6 nitrogen and oxygen atoms in total. The zero-order chi connectivity index (χ0) is 27.3.